The summed E-state index contributed by atoms with van der Waals surface area (Å²) in [7, 11) is -3.88. The van der Waals surface area contributed by atoms with Crippen LogP contribution in [-0.2, 0) is 16.2 Å². The Hall–Kier alpha value is -3.70. The second-order valence-corrected chi connectivity index (χ2v) is 8.69. The first kappa shape index (κ1) is 22.5. The van der Waals surface area contributed by atoms with Gasteiger partial charge in [0.05, 0.1) is 27.5 Å². The Morgan fingerprint density at radius 3 is 2.21 bits per heavy atom. The SMILES string of the molecule is Cc1cc(-c2ccc(C(F)(F)F)cn2)nc(-c2cccc(-c3cccc(S(N)(=O)=O)c3)n2)n1. The summed E-state index contributed by atoms with van der Waals surface area (Å²) < 4.78 is 61.8. The summed E-state index contributed by atoms with van der Waals surface area (Å²) in [4.78, 5) is 17.2. The van der Waals surface area contributed by atoms with Crippen molar-refractivity contribution in [1.29, 1.82) is 0 Å². The number of rotatable bonds is 4. The molecule has 0 atom stereocenters. The molecule has 33 heavy (non-hydrogen) atoms. The normalized spacial score (nSPS) is 12.0. The summed E-state index contributed by atoms with van der Waals surface area (Å²) in [6.07, 6.45) is -3.73. The van der Waals surface area contributed by atoms with Gasteiger partial charge in [-0.1, -0.05) is 18.2 Å². The van der Waals surface area contributed by atoms with E-state index in [1.807, 2.05) is 0 Å². The van der Waals surface area contributed by atoms with E-state index in [0.717, 1.165) is 12.3 Å². The van der Waals surface area contributed by atoms with Crippen molar-refractivity contribution in [2.24, 2.45) is 5.14 Å². The molecule has 0 fully saturated rings. The van der Waals surface area contributed by atoms with Gasteiger partial charge < -0.3 is 0 Å². The maximum absolute atomic E-state index is 12.8. The summed E-state index contributed by atoms with van der Waals surface area (Å²) in [5.74, 6) is 0.246. The van der Waals surface area contributed by atoms with Crippen LogP contribution in [0.25, 0.3) is 34.2 Å². The number of alkyl halides is 3. The van der Waals surface area contributed by atoms with Crippen molar-refractivity contribution >= 4 is 10.0 Å². The lowest BCUT2D eigenvalue weighted by Gasteiger charge is -2.09. The Bertz CT molecular complexity index is 1440. The van der Waals surface area contributed by atoms with Crippen LogP contribution < -0.4 is 5.14 Å². The van der Waals surface area contributed by atoms with Crippen molar-refractivity contribution in [1.82, 2.24) is 19.9 Å². The maximum Gasteiger partial charge on any atom is 0.417 e. The largest absolute Gasteiger partial charge is 0.417 e. The van der Waals surface area contributed by atoms with E-state index in [1.165, 1.54) is 18.2 Å². The van der Waals surface area contributed by atoms with E-state index < -0.39 is 21.8 Å². The molecule has 3 heterocycles. The zero-order valence-electron chi connectivity index (χ0n) is 17.1. The molecule has 0 aliphatic carbocycles. The van der Waals surface area contributed by atoms with Gasteiger partial charge in [-0.2, -0.15) is 13.2 Å². The average molecular weight is 471 g/mol. The van der Waals surface area contributed by atoms with Crippen LogP contribution >= 0.6 is 0 Å². The number of sulfonamides is 1. The molecular formula is C22H16F3N5O2S. The van der Waals surface area contributed by atoms with Crippen LogP contribution in [0.1, 0.15) is 11.3 Å². The van der Waals surface area contributed by atoms with Gasteiger partial charge in [-0.3, -0.25) is 4.98 Å². The summed E-state index contributed by atoms with van der Waals surface area (Å²) in [5, 5.41) is 5.21. The molecule has 11 heteroatoms. The van der Waals surface area contributed by atoms with E-state index in [2.05, 4.69) is 19.9 Å². The minimum Gasteiger partial charge on any atom is -0.254 e. The molecular weight excluding hydrogens is 455 g/mol. The van der Waals surface area contributed by atoms with E-state index in [-0.39, 0.29) is 16.4 Å². The van der Waals surface area contributed by atoms with Gasteiger partial charge in [0, 0.05) is 17.5 Å². The van der Waals surface area contributed by atoms with E-state index in [9.17, 15) is 21.6 Å². The number of hydrogen-bond donors (Lipinski definition) is 1. The Kier molecular flexibility index (Phi) is 5.68. The van der Waals surface area contributed by atoms with Gasteiger partial charge in [0.15, 0.2) is 5.82 Å². The molecule has 0 spiro atoms. The fourth-order valence-electron chi connectivity index (χ4n) is 3.08. The molecule has 1 aromatic carbocycles. The first-order chi connectivity index (χ1) is 15.5. The van der Waals surface area contributed by atoms with Gasteiger partial charge in [-0.25, -0.2) is 28.5 Å². The average Bonchev–Trinajstić information content (AvgIpc) is 2.78. The maximum atomic E-state index is 12.8. The molecule has 2 N–H and O–H groups in total. The molecule has 0 saturated heterocycles. The molecule has 0 aliphatic rings. The van der Waals surface area contributed by atoms with Crippen molar-refractivity contribution in [2.75, 3.05) is 0 Å². The number of aromatic nitrogens is 4. The van der Waals surface area contributed by atoms with Crippen molar-refractivity contribution in [3.05, 3.63) is 78.1 Å². The second kappa shape index (κ2) is 8.34. The predicted molar refractivity (Wildman–Crippen MR) is 115 cm³/mol. The topological polar surface area (TPSA) is 112 Å². The Balaban J connectivity index is 1.73. The third-order valence-electron chi connectivity index (χ3n) is 4.64. The van der Waals surface area contributed by atoms with Crippen molar-refractivity contribution in [3.63, 3.8) is 0 Å². The van der Waals surface area contributed by atoms with E-state index in [0.29, 0.717) is 28.3 Å². The van der Waals surface area contributed by atoms with Crippen LogP contribution in [0.4, 0.5) is 13.2 Å². The molecule has 0 saturated carbocycles. The summed E-state index contributed by atoms with van der Waals surface area (Å²) in [6, 6.07) is 14.9. The molecule has 0 unspecified atom stereocenters. The number of nitrogens with zero attached hydrogens (tertiary/aromatic N) is 4. The lowest BCUT2D eigenvalue weighted by Crippen LogP contribution is -2.12. The van der Waals surface area contributed by atoms with Crippen LogP contribution in [0.15, 0.2) is 71.8 Å². The number of halogens is 3. The number of aryl methyl sites for hydroxylation is 1. The number of primary sulfonamides is 1. The van der Waals surface area contributed by atoms with E-state index in [1.54, 1.807) is 43.3 Å². The van der Waals surface area contributed by atoms with E-state index >= 15 is 0 Å². The smallest absolute Gasteiger partial charge is 0.254 e. The fourth-order valence-corrected chi connectivity index (χ4v) is 3.64. The number of nitrogens with two attached hydrogens (primary N) is 1. The lowest BCUT2D eigenvalue weighted by molar-refractivity contribution is -0.137. The number of benzene rings is 1. The predicted octanol–water partition coefficient (Wildman–Crippen LogP) is 4.24. The molecule has 0 radical (unpaired) electrons. The highest BCUT2D eigenvalue weighted by Crippen LogP contribution is 2.30. The quantitative estimate of drug-likeness (QED) is 0.477. The third kappa shape index (κ3) is 5.04. The number of pyridine rings is 2. The van der Waals surface area contributed by atoms with Crippen LogP contribution in [0.3, 0.4) is 0 Å². The van der Waals surface area contributed by atoms with Gasteiger partial charge in [-0.05, 0) is 49.4 Å². The Labute approximate surface area is 187 Å². The van der Waals surface area contributed by atoms with Crippen LogP contribution in [0.2, 0.25) is 0 Å². The number of hydrogen-bond acceptors (Lipinski definition) is 6. The first-order valence-corrected chi connectivity index (χ1v) is 11.1. The summed E-state index contributed by atoms with van der Waals surface area (Å²) in [5.41, 5.74) is 1.71. The molecule has 0 amide bonds. The Morgan fingerprint density at radius 1 is 0.818 bits per heavy atom. The van der Waals surface area contributed by atoms with Crippen LogP contribution in [0.5, 0.6) is 0 Å². The van der Waals surface area contributed by atoms with Crippen LogP contribution in [0, 0.1) is 6.92 Å². The monoisotopic (exact) mass is 471 g/mol. The van der Waals surface area contributed by atoms with Gasteiger partial charge in [-0.15, -0.1) is 0 Å². The first-order valence-electron chi connectivity index (χ1n) is 9.51. The van der Waals surface area contributed by atoms with Crippen LogP contribution in [-0.4, -0.2) is 28.4 Å². The standard InChI is InChI=1S/C22H16F3N5O2S/c1-13-10-20(18-9-8-15(12-27-18)22(23,24)25)30-21(28-13)19-7-3-6-17(29-19)14-4-2-5-16(11-14)33(26,31)32/h2-12H,1H3,(H2,26,31,32). The minimum absolute atomic E-state index is 0.0466. The zero-order valence-corrected chi connectivity index (χ0v) is 17.9. The lowest BCUT2D eigenvalue weighted by atomic mass is 10.1. The highest BCUT2D eigenvalue weighted by molar-refractivity contribution is 7.89. The zero-order chi connectivity index (χ0) is 23.8. The van der Waals surface area contributed by atoms with E-state index in [4.69, 9.17) is 5.14 Å². The highest BCUT2D eigenvalue weighted by Gasteiger charge is 2.30. The summed E-state index contributed by atoms with van der Waals surface area (Å²) >= 11 is 0. The molecule has 4 aromatic rings. The highest BCUT2D eigenvalue weighted by atomic mass is 32.2. The van der Waals surface area contributed by atoms with Gasteiger partial charge >= 0.3 is 6.18 Å². The molecule has 168 valence electrons. The molecule has 0 bridgehead atoms. The van der Waals surface area contributed by atoms with Gasteiger partial charge in [0.25, 0.3) is 0 Å². The molecule has 3 aromatic heterocycles. The molecule has 4 rings (SSSR count). The molecule has 7 nitrogen and oxygen atoms in total. The second-order valence-electron chi connectivity index (χ2n) is 7.13. The van der Waals surface area contributed by atoms with Gasteiger partial charge in [0.2, 0.25) is 10.0 Å². The van der Waals surface area contributed by atoms with Crippen molar-refractivity contribution < 1.29 is 21.6 Å². The van der Waals surface area contributed by atoms with Crippen molar-refractivity contribution in [2.45, 2.75) is 18.0 Å². The Morgan fingerprint density at radius 2 is 1.55 bits per heavy atom. The fraction of sp³-hybridized carbons (Fsp3) is 0.0909. The summed E-state index contributed by atoms with van der Waals surface area (Å²) in [6.45, 7) is 1.72. The third-order valence-corrected chi connectivity index (χ3v) is 5.55. The molecule has 0 aliphatic heterocycles. The minimum atomic E-state index is -4.48. The van der Waals surface area contributed by atoms with Gasteiger partial charge in [0.1, 0.15) is 5.69 Å². The van der Waals surface area contributed by atoms with Crippen molar-refractivity contribution in [3.8, 4) is 34.2 Å².